The molecule has 2 rings (SSSR count). The zero-order valence-electron chi connectivity index (χ0n) is 9.73. The second kappa shape index (κ2) is 5.46. The average molecular weight is 290 g/mol. The van der Waals surface area contributed by atoms with E-state index in [0.29, 0.717) is 12.5 Å². The van der Waals surface area contributed by atoms with Gasteiger partial charge in [0.2, 0.25) is 10.0 Å². The number of benzene rings is 1. The number of nitrogen functional groups attached to an aromatic ring is 1. The summed E-state index contributed by atoms with van der Waals surface area (Å²) in [5.41, 5.74) is 5.59. The summed E-state index contributed by atoms with van der Waals surface area (Å²) >= 11 is 1.81. The Labute approximate surface area is 110 Å². The third-order valence-electron chi connectivity index (χ3n) is 2.83. The Morgan fingerprint density at radius 1 is 1.50 bits per heavy atom. The van der Waals surface area contributed by atoms with Gasteiger partial charge < -0.3 is 5.73 Å². The predicted molar refractivity (Wildman–Crippen MR) is 71.4 cm³/mol. The molecule has 1 aliphatic rings. The van der Waals surface area contributed by atoms with E-state index in [1.807, 2.05) is 11.8 Å². The van der Waals surface area contributed by atoms with Gasteiger partial charge in [0.1, 0.15) is 10.7 Å². The Kier molecular flexibility index (Phi) is 4.14. The van der Waals surface area contributed by atoms with Crippen LogP contribution in [-0.2, 0) is 10.0 Å². The SMILES string of the molecule is Nc1ccc(S(=O)(=O)NCC2CCSC2)c(F)c1. The highest BCUT2D eigenvalue weighted by Crippen LogP contribution is 2.23. The number of rotatable bonds is 4. The van der Waals surface area contributed by atoms with Gasteiger partial charge in [-0.2, -0.15) is 11.8 Å². The Hall–Kier alpha value is -0.790. The molecular formula is C11H15FN2O2S2. The van der Waals surface area contributed by atoms with Crippen molar-refractivity contribution in [2.45, 2.75) is 11.3 Å². The average Bonchev–Trinajstić information content (AvgIpc) is 2.78. The third kappa shape index (κ3) is 3.15. The molecule has 1 saturated heterocycles. The van der Waals surface area contributed by atoms with Crippen molar-refractivity contribution in [2.75, 3.05) is 23.8 Å². The normalized spacial score (nSPS) is 20.2. The maximum absolute atomic E-state index is 13.5. The van der Waals surface area contributed by atoms with Crippen LogP contribution in [0.5, 0.6) is 0 Å². The maximum atomic E-state index is 13.5. The Morgan fingerprint density at radius 2 is 2.28 bits per heavy atom. The second-order valence-electron chi connectivity index (χ2n) is 4.27. The fourth-order valence-corrected chi connectivity index (χ4v) is 4.24. The molecule has 1 unspecified atom stereocenters. The van der Waals surface area contributed by atoms with Crippen molar-refractivity contribution in [3.63, 3.8) is 0 Å². The van der Waals surface area contributed by atoms with E-state index in [9.17, 15) is 12.8 Å². The molecule has 1 aromatic rings. The van der Waals surface area contributed by atoms with Gasteiger partial charge in [-0.25, -0.2) is 17.5 Å². The van der Waals surface area contributed by atoms with Crippen LogP contribution in [0.1, 0.15) is 6.42 Å². The Morgan fingerprint density at radius 3 is 2.89 bits per heavy atom. The van der Waals surface area contributed by atoms with E-state index < -0.39 is 15.8 Å². The van der Waals surface area contributed by atoms with E-state index in [1.54, 1.807) is 0 Å². The molecule has 0 radical (unpaired) electrons. The van der Waals surface area contributed by atoms with E-state index in [4.69, 9.17) is 5.73 Å². The van der Waals surface area contributed by atoms with Gasteiger partial charge in [0, 0.05) is 12.2 Å². The largest absolute Gasteiger partial charge is 0.399 e. The summed E-state index contributed by atoms with van der Waals surface area (Å²) in [6, 6.07) is 3.58. The molecule has 0 saturated carbocycles. The molecule has 0 spiro atoms. The zero-order valence-corrected chi connectivity index (χ0v) is 11.4. The van der Waals surface area contributed by atoms with Crippen molar-refractivity contribution in [2.24, 2.45) is 5.92 Å². The number of nitrogens with one attached hydrogen (secondary N) is 1. The van der Waals surface area contributed by atoms with Gasteiger partial charge in [-0.3, -0.25) is 0 Å². The van der Waals surface area contributed by atoms with Crippen LogP contribution in [-0.4, -0.2) is 26.5 Å². The number of thioether (sulfide) groups is 1. The van der Waals surface area contributed by atoms with Gasteiger partial charge in [0.25, 0.3) is 0 Å². The molecule has 4 nitrogen and oxygen atoms in total. The molecule has 1 aromatic carbocycles. The van der Waals surface area contributed by atoms with Crippen molar-refractivity contribution in [1.29, 1.82) is 0 Å². The van der Waals surface area contributed by atoms with Gasteiger partial charge in [-0.05, 0) is 42.0 Å². The monoisotopic (exact) mass is 290 g/mol. The van der Waals surface area contributed by atoms with Crippen LogP contribution in [0.2, 0.25) is 0 Å². The molecular weight excluding hydrogens is 275 g/mol. The highest BCUT2D eigenvalue weighted by molar-refractivity contribution is 7.99. The lowest BCUT2D eigenvalue weighted by Crippen LogP contribution is -2.30. The first-order valence-electron chi connectivity index (χ1n) is 5.61. The second-order valence-corrected chi connectivity index (χ2v) is 7.16. The van der Waals surface area contributed by atoms with Crippen LogP contribution >= 0.6 is 11.8 Å². The van der Waals surface area contributed by atoms with E-state index in [-0.39, 0.29) is 10.6 Å². The van der Waals surface area contributed by atoms with E-state index in [0.717, 1.165) is 24.0 Å². The van der Waals surface area contributed by atoms with Gasteiger partial charge in [-0.15, -0.1) is 0 Å². The molecule has 0 bridgehead atoms. The van der Waals surface area contributed by atoms with Crippen molar-refractivity contribution in [3.8, 4) is 0 Å². The molecule has 0 amide bonds. The lowest BCUT2D eigenvalue weighted by atomic mass is 10.1. The van der Waals surface area contributed by atoms with Crippen LogP contribution in [0.15, 0.2) is 23.1 Å². The lowest BCUT2D eigenvalue weighted by molar-refractivity contribution is 0.534. The molecule has 100 valence electrons. The van der Waals surface area contributed by atoms with Gasteiger partial charge >= 0.3 is 0 Å². The van der Waals surface area contributed by atoms with E-state index in [1.165, 1.54) is 12.1 Å². The van der Waals surface area contributed by atoms with Crippen molar-refractivity contribution < 1.29 is 12.8 Å². The molecule has 0 aliphatic carbocycles. The smallest absolute Gasteiger partial charge is 0.243 e. The molecule has 0 aromatic heterocycles. The quantitative estimate of drug-likeness (QED) is 0.823. The molecule has 3 N–H and O–H groups in total. The number of halogens is 1. The summed E-state index contributed by atoms with van der Waals surface area (Å²) in [7, 11) is -3.78. The van der Waals surface area contributed by atoms with Crippen LogP contribution in [0.4, 0.5) is 10.1 Å². The fourth-order valence-electron chi connectivity index (χ4n) is 1.78. The maximum Gasteiger partial charge on any atom is 0.243 e. The topological polar surface area (TPSA) is 72.2 Å². The summed E-state index contributed by atoms with van der Waals surface area (Å²) in [6.45, 7) is 0.360. The van der Waals surface area contributed by atoms with Crippen molar-refractivity contribution >= 4 is 27.5 Å². The number of nitrogens with two attached hydrogens (primary N) is 1. The zero-order chi connectivity index (χ0) is 13.2. The minimum absolute atomic E-state index is 0.207. The number of anilines is 1. The first-order valence-corrected chi connectivity index (χ1v) is 8.25. The van der Waals surface area contributed by atoms with Crippen LogP contribution in [0, 0.1) is 11.7 Å². The molecule has 18 heavy (non-hydrogen) atoms. The first kappa shape index (κ1) is 13.6. The summed E-state index contributed by atoms with van der Waals surface area (Å²) in [5, 5.41) is 0. The highest BCUT2D eigenvalue weighted by Gasteiger charge is 2.22. The predicted octanol–water partition coefficient (Wildman–Crippen LogP) is 1.44. The molecule has 7 heteroatoms. The minimum Gasteiger partial charge on any atom is -0.399 e. The summed E-state index contributed by atoms with van der Waals surface area (Å²) in [4.78, 5) is -0.345. The standard InChI is InChI=1S/C11H15FN2O2S2/c12-10-5-9(13)1-2-11(10)18(15,16)14-6-8-3-4-17-7-8/h1-2,5,8,14H,3-4,6-7,13H2. The first-order chi connectivity index (χ1) is 8.49. The third-order valence-corrected chi connectivity index (χ3v) is 5.52. The van der Waals surface area contributed by atoms with Crippen LogP contribution in [0.25, 0.3) is 0 Å². The summed E-state index contributed by atoms with van der Waals surface area (Å²) in [6.07, 6.45) is 0.997. The van der Waals surface area contributed by atoms with Gasteiger partial charge in [0.05, 0.1) is 0 Å². The van der Waals surface area contributed by atoms with Crippen LogP contribution < -0.4 is 10.5 Å². The minimum atomic E-state index is -3.78. The molecule has 1 atom stereocenters. The number of sulfonamides is 1. The van der Waals surface area contributed by atoms with Gasteiger partial charge in [-0.1, -0.05) is 0 Å². The lowest BCUT2D eigenvalue weighted by Gasteiger charge is -2.11. The number of hydrogen-bond acceptors (Lipinski definition) is 4. The van der Waals surface area contributed by atoms with Crippen LogP contribution in [0.3, 0.4) is 0 Å². The Balaban J connectivity index is 2.09. The Bertz CT molecular complexity index is 528. The molecule has 1 fully saturated rings. The molecule has 1 heterocycles. The van der Waals surface area contributed by atoms with Crippen molar-refractivity contribution in [1.82, 2.24) is 4.72 Å². The summed E-state index contributed by atoms with van der Waals surface area (Å²) < 4.78 is 39.8. The van der Waals surface area contributed by atoms with Crippen molar-refractivity contribution in [3.05, 3.63) is 24.0 Å². The van der Waals surface area contributed by atoms with E-state index >= 15 is 0 Å². The van der Waals surface area contributed by atoms with Gasteiger partial charge in [0.15, 0.2) is 0 Å². The summed E-state index contributed by atoms with van der Waals surface area (Å²) in [5.74, 6) is 1.53. The fraction of sp³-hybridized carbons (Fsp3) is 0.455. The van der Waals surface area contributed by atoms with E-state index in [2.05, 4.69) is 4.72 Å². The number of hydrogen-bond donors (Lipinski definition) is 2. The highest BCUT2D eigenvalue weighted by atomic mass is 32.2. The molecule has 1 aliphatic heterocycles.